The number of carbonyl (C=O) groups excluding carboxylic acids is 1. The van der Waals surface area contributed by atoms with E-state index in [1.165, 1.54) is 6.33 Å². The fourth-order valence-corrected chi connectivity index (χ4v) is 1.26. The zero-order chi connectivity index (χ0) is 10.6. The van der Waals surface area contributed by atoms with Crippen LogP contribution in [0.25, 0.3) is 0 Å². The maximum Gasteiger partial charge on any atom is 0.141 e. The number of Topliss-reactive ketones (excluding diaryl/α,β-unsaturated/α-hetero) is 1. The van der Waals surface area contributed by atoms with Crippen molar-refractivity contribution in [1.29, 1.82) is 0 Å². The van der Waals surface area contributed by atoms with Gasteiger partial charge in [0.1, 0.15) is 17.9 Å². The normalized spacial score (nSPS) is 10.9. The van der Waals surface area contributed by atoms with Gasteiger partial charge in [-0.05, 0) is 20.4 Å². The fourth-order valence-electron chi connectivity index (χ4n) is 1.26. The molecule has 0 bridgehead atoms. The Kier molecular flexibility index (Phi) is 3.76. The van der Waals surface area contributed by atoms with Crippen LogP contribution in [0, 0.1) is 0 Å². The maximum absolute atomic E-state index is 11.3. The molecule has 0 radical (unpaired) electrons. The van der Waals surface area contributed by atoms with Crippen LogP contribution in [0.2, 0.25) is 0 Å². The van der Waals surface area contributed by atoms with Crippen LogP contribution in [-0.4, -0.2) is 27.1 Å². The molecule has 1 heterocycles. The van der Waals surface area contributed by atoms with E-state index in [1.807, 2.05) is 13.8 Å². The number of nitrogens with zero attached hydrogens (tertiary/aromatic N) is 3. The van der Waals surface area contributed by atoms with Gasteiger partial charge in [-0.1, -0.05) is 0 Å². The van der Waals surface area contributed by atoms with E-state index in [4.69, 9.17) is 5.73 Å². The summed E-state index contributed by atoms with van der Waals surface area (Å²) in [6.45, 7) is 4.41. The minimum Gasteiger partial charge on any atom is -0.330 e. The van der Waals surface area contributed by atoms with Gasteiger partial charge in [0, 0.05) is 12.5 Å². The van der Waals surface area contributed by atoms with Crippen LogP contribution in [0.5, 0.6) is 0 Å². The van der Waals surface area contributed by atoms with E-state index in [1.54, 1.807) is 4.68 Å². The number of ketones is 1. The van der Waals surface area contributed by atoms with E-state index < -0.39 is 0 Å². The fraction of sp³-hybridized carbons (Fsp3) is 0.667. The summed E-state index contributed by atoms with van der Waals surface area (Å²) < 4.78 is 1.76. The molecule has 5 heteroatoms. The Morgan fingerprint density at radius 3 is 2.93 bits per heavy atom. The minimum atomic E-state index is 0.113. The first-order valence-corrected chi connectivity index (χ1v) is 4.75. The Bertz CT molecular complexity index is 306. The summed E-state index contributed by atoms with van der Waals surface area (Å²) in [5.74, 6) is 0.834. The summed E-state index contributed by atoms with van der Waals surface area (Å²) in [6, 6.07) is 0.234. The molecular formula is C9H16N4O. The Balaban J connectivity index is 2.66. The zero-order valence-electron chi connectivity index (χ0n) is 8.60. The van der Waals surface area contributed by atoms with Crippen molar-refractivity contribution in [2.75, 3.05) is 6.54 Å². The summed E-state index contributed by atoms with van der Waals surface area (Å²) in [5.41, 5.74) is 5.29. The zero-order valence-corrected chi connectivity index (χ0v) is 8.60. The van der Waals surface area contributed by atoms with Crippen molar-refractivity contribution < 1.29 is 4.79 Å². The van der Waals surface area contributed by atoms with Crippen LogP contribution >= 0.6 is 0 Å². The van der Waals surface area contributed by atoms with Gasteiger partial charge in [0.2, 0.25) is 0 Å². The van der Waals surface area contributed by atoms with Gasteiger partial charge < -0.3 is 5.73 Å². The summed E-state index contributed by atoms with van der Waals surface area (Å²) in [4.78, 5) is 15.4. The van der Waals surface area contributed by atoms with Crippen molar-refractivity contribution in [3.05, 3.63) is 12.2 Å². The first-order chi connectivity index (χ1) is 6.65. The second-order valence-corrected chi connectivity index (χ2v) is 3.47. The number of aromatic nitrogens is 3. The van der Waals surface area contributed by atoms with E-state index in [2.05, 4.69) is 10.1 Å². The molecule has 1 aromatic rings. The lowest BCUT2D eigenvalue weighted by molar-refractivity contribution is -0.118. The molecule has 0 saturated carbocycles. The first-order valence-electron chi connectivity index (χ1n) is 4.75. The molecule has 0 amide bonds. The molecule has 0 saturated heterocycles. The molecule has 0 aliphatic heterocycles. The van der Waals surface area contributed by atoms with Gasteiger partial charge in [-0.25, -0.2) is 9.67 Å². The van der Waals surface area contributed by atoms with E-state index in [9.17, 15) is 4.79 Å². The summed E-state index contributed by atoms with van der Waals surface area (Å²) in [5, 5.41) is 4.05. The second kappa shape index (κ2) is 4.85. The summed E-state index contributed by atoms with van der Waals surface area (Å²) in [6.07, 6.45) is 2.21. The van der Waals surface area contributed by atoms with Gasteiger partial charge in [0.15, 0.2) is 0 Å². The molecule has 1 aromatic heterocycles. The largest absolute Gasteiger partial charge is 0.330 e. The lowest BCUT2D eigenvalue weighted by Crippen LogP contribution is -2.15. The van der Waals surface area contributed by atoms with Crippen LogP contribution in [-0.2, 0) is 11.2 Å². The predicted molar refractivity (Wildman–Crippen MR) is 52.8 cm³/mol. The highest BCUT2D eigenvalue weighted by atomic mass is 16.1. The van der Waals surface area contributed by atoms with Gasteiger partial charge in [0.25, 0.3) is 0 Å². The van der Waals surface area contributed by atoms with Crippen molar-refractivity contribution >= 4 is 5.78 Å². The van der Waals surface area contributed by atoms with Crippen molar-refractivity contribution in [3.8, 4) is 0 Å². The molecular weight excluding hydrogens is 180 g/mol. The first kappa shape index (κ1) is 10.8. The third-order valence-electron chi connectivity index (χ3n) is 1.91. The number of hydrogen-bond acceptors (Lipinski definition) is 4. The number of hydrogen-bond donors (Lipinski definition) is 1. The van der Waals surface area contributed by atoms with E-state index in [0.717, 1.165) is 5.82 Å². The molecule has 0 fully saturated rings. The Hall–Kier alpha value is -1.23. The topological polar surface area (TPSA) is 73.8 Å². The van der Waals surface area contributed by atoms with Crippen molar-refractivity contribution in [1.82, 2.24) is 14.8 Å². The molecule has 0 aromatic carbocycles. The van der Waals surface area contributed by atoms with E-state index >= 15 is 0 Å². The molecule has 0 spiro atoms. The van der Waals surface area contributed by atoms with Crippen LogP contribution in [0.1, 0.15) is 32.1 Å². The van der Waals surface area contributed by atoms with Crippen molar-refractivity contribution in [3.63, 3.8) is 0 Å². The highest BCUT2D eigenvalue weighted by Crippen LogP contribution is 2.06. The quantitative estimate of drug-likeness (QED) is 0.736. The predicted octanol–water partition coefficient (Wildman–Crippen LogP) is 0.319. The molecule has 2 N–H and O–H groups in total. The highest BCUT2D eigenvalue weighted by molar-refractivity contribution is 5.80. The number of carbonyl (C=O) groups is 1. The van der Waals surface area contributed by atoms with Gasteiger partial charge >= 0.3 is 0 Å². The van der Waals surface area contributed by atoms with Crippen molar-refractivity contribution in [2.24, 2.45) is 5.73 Å². The highest BCUT2D eigenvalue weighted by Gasteiger charge is 2.11. The average molecular weight is 196 g/mol. The van der Waals surface area contributed by atoms with Gasteiger partial charge in [-0.2, -0.15) is 5.10 Å². The molecule has 1 rings (SSSR count). The van der Waals surface area contributed by atoms with Gasteiger partial charge in [0.05, 0.1) is 6.42 Å². The minimum absolute atomic E-state index is 0.113. The van der Waals surface area contributed by atoms with Crippen molar-refractivity contribution in [2.45, 2.75) is 32.7 Å². The summed E-state index contributed by atoms with van der Waals surface area (Å²) >= 11 is 0. The molecule has 0 aliphatic carbocycles. The maximum atomic E-state index is 11.3. The SMILES string of the molecule is CC(C)n1ncnc1CC(=O)CCN. The second-order valence-electron chi connectivity index (χ2n) is 3.47. The molecule has 78 valence electrons. The third kappa shape index (κ3) is 2.63. The lowest BCUT2D eigenvalue weighted by atomic mass is 10.2. The van der Waals surface area contributed by atoms with Crippen LogP contribution < -0.4 is 5.73 Å². The van der Waals surface area contributed by atoms with Crippen LogP contribution in [0.4, 0.5) is 0 Å². The Morgan fingerprint density at radius 1 is 1.64 bits per heavy atom. The smallest absolute Gasteiger partial charge is 0.141 e. The lowest BCUT2D eigenvalue weighted by Gasteiger charge is -2.08. The van der Waals surface area contributed by atoms with Crippen LogP contribution in [0.15, 0.2) is 6.33 Å². The Morgan fingerprint density at radius 2 is 2.36 bits per heavy atom. The van der Waals surface area contributed by atoms with E-state index in [-0.39, 0.29) is 11.8 Å². The Labute approximate surface area is 83.3 Å². The molecule has 14 heavy (non-hydrogen) atoms. The average Bonchev–Trinajstić information content (AvgIpc) is 2.52. The van der Waals surface area contributed by atoms with Crippen LogP contribution in [0.3, 0.4) is 0 Å². The molecule has 0 aliphatic rings. The molecule has 0 atom stereocenters. The standard InChI is InChI=1S/C9H16N4O/c1-7(2)13-9(11-6-12-13)5-8(14)3-4-10/h6-7H,3-5,10H2,1-2H3. The van der Waals surface area contributed by atoms with Gasteiger partial charge in [-0.3, -0.25) is 4.79 Å². The molecule has 5 nitrogen and oxygen atoms in total. The monoisotopic (exact) mass is 196 g/mol. The number of rotatable bonds is 5. The van der Waals surface area contributed by atoms with E-state index in [0.29, 0.717) is 19.4 Å². The number of nitrogens with two attached hydrogens (primary N) is 1. The van der Waals surface area contributed by atoms with Gasteiger partial charge in [-0.15, -0.1) is 0 Å². The molecule has 0 unspecified atom stereocenters. The third-order valence-corrected chi connectivity index (χ3v) is 1.91. The summed E-state index contributed by atoms with van der Waals surface area (Å²) in [7, 11) is 0.